The molecule has 0 radical (unpaired) electrons. The molecule has 0 aromatic heterocycles. The third-order valence-electron chi connectivity index (χ3n) is 2.44. The molecule has 1 aromatic carbocycles. The zero-order valence-corrected chi connectivity index (χ0v) is 10.3. The van der Waals surface area contributed by atoms with Gasteiger partial charge < -0.3 is 5.32 Å². The van der Waals surface area contributed by atoms with Crippen LogP contribution in [0.2, 0.25) is 5.02 Å². The van der Waals surface area contributed by atoms with Gasteiger partial charge in [-0.15, -0.1) is 12.3 Å². The van der Waals surface area contributed by atoms with Gasteiger partial charge in [0, 0.05) is 18.0 Å². The lowest BCUT2D eigenvalue weighted by molar-refractivity contribution is 0.484. The van der Waals surface area contributed by atoms with E-state index >= 15 is 0 Å². The lowest BCUT2D eigenvalue weighted by Gasteiger charge is -2.18. The first-order valence-corrected chi connectivity index (χ1v) is 5.79. The predicted molar refractivity (Wildman–Crippen MR) is 65.9 cm³/mol. The Morgan fingerprint density at radius 3 is 2.71 bits per heavy atom. The standard InChI is InChI=1S/C13H14ClF2N/c1-3-5-6-13(17-4-2)9-7-12(16)10(14)8-11(9)15/h1,7-8,13,17H,4-6H2,2H3. The molecule has 0 fully saturated rings. The quantitative estimate of drug-likeness (QED) is 0.627. The Balaban J connectivity index is 3.01. The molecule has 17 heavy (non-hydrogen) atoms. The summed E-state index contributed by atoms with van der Waals surface area (Å²) in [4.78, 5) is 0. The molecule has 0 amide bonds. The van der Waals surface area contributed by atoms with Crippen LogP contribution in [0, 0.1) is 24.0 Å². The van der Waals surface area contributed by atoms with Crippen LogP contribution in [0.3, 0.4) is 0 Å². The SMILES string of the molecule is C#CCCC(NCC)c1cc(F)c(Cl)cc1F. The molecular weight excluding hydrogens is 244 g/mol. The van der Waals surface area contributed by atoms with Crippen molar-refractivity contribution in [2.75, 3.05) is 6.54 Å². The van der Waals surface area contributed by atoms with E-state index in [0.717, 1.165) is 12.1 Å². The summed E-state index contributed by atoms with van der Waals surface area (Å²) >= 11 is 5.50. The smallest absolute Gasteiger partial charge is 0.142 e. The van der Waals surface area contributed by atoms with Gasteiger partial charge in [-0.3, -0.25) is 0 Å². The van der Waals surface area contributed by atoms with E-state index in [-0.39, 0.29) is 16.6 Å². The van der Waals surface area contributed by atoms with Crippen molar-refractivity contribution in [2.45, 2.75) is 25.8 Å². The summed E-state index contributed by atoms with van der Waals surface area (Å²) < 4.78 is 27.0. The van der Waals surface area contributed by atoms with Crippen molar-refractivity contribution < 1.29 is 8.78 Å². The monoisotopic (exact) mass is 257 g/mol. The fourth-order valence-corrected chi connectivity index (χ4v) is 1.80. The molecular formula is C13H14ClF2N. The highest BCUT2D eigenvalue weighted by Crippen LogP contribution is 2.26. The minimum absolute atomic E-state index is 0.210. The van der Waals surface area contributed by atoms with Crippen molar-refractivity contribution in [1.82, 2.24) is 5.32 Å². The number of nitrogens with one attached hydrogen (secondary N) is 1. The molecule has 1 aromatic rings. The Bertz CT molecular complexity index is 426. The van der Waals surface area contributed by atoms with Crippen molar-refractivity contribution in [3.8, 4) is 12.3 Å². The van der Waals surface area contributed by atoms with Gasteiger partial charge >= 0.3 is 0 Å². The summed E-state index contributed by atoms with van der Waals surface area (Å²) in [6.07, 6.45) is 6.24. The molecule has 1 N–H and O–H groups in total. The molecule has 0 saturated heterocycles. The zero-order chi connectivity index (χ0) is 12.8. The minimum Gasteiger partial charge on any atom is -0.310 e. The Morgan fingerprint density at radius 1 is 1.41 bits per heavy atom. The third kappa shape index (κ3) is 3.69. The lowest BCUT2D eigenvalue weighted by atomic mass is 10.0. The number of hydrogen-bond acceptors (Lipinski definition) is 1. The highest BCUT2D eigenvalue weighted by atomic mass is 35.5. The Kier molecular flexibility index (Phi) is 5.40. The van der Waals surface area contributed by atoms with Gasteiger partial charge in [-0.05, 0) is 25.1 Å². The molecule has 0 saturated carbocycles. The van der Waals surface area contributed by atoms with Crippen LogP contribution in [0.25, 0.3) is 0 Å². The largest absolute Gasteiger partial charge is 0.310 e. The fraction of sp³-hybridized carbons (Fsp3) is 0.385. The first-order chi connectivity index (χ1) is 8.10. The number of rotatable bonds is 5. The molecule has 4 heteroatoms. The maximum Gasteiger partial charge on any atom is 0.142 e. The minimum atomic E-state index is -0.619. The topological polar surface area (TPSA) is 12.0 Å². The predicted octanol–water partition coefficient (Wildman–Crippen LogP) is 3.68. The Labute approximate surface area is 105 Å². The van der Waals surface area contributed by atoms with Gasteiger partial charge in [-0.25, -0.2) is 8.78 Å². The summed E-state index contributed by atoms with van der Waals surface area (Å²) in [6, 6.07) is 1.83. The average Bonchev–Trinajstić information content (AvgIpc) is 2.29. The summed E-state index contributed by atoms with van der Waals surface area (Å²) in [6.45, 7) is 2.55. The van der Waals surface area contributed by atoms with Crippen molar-refractivity contribution in [1.29, 1.82) is 0 Å². The van der Waals surface area contributed by atoms with E-state index in [9.17, 15) is 8.78 Å². The van der Waals surface area contributed by atoms with Gasteiger partial charge in [0.15, 0.2) is 0 Å². The normalized spacial score (nSPS) is 12.2. The molecule has 0 bridgehead atoms. The van der Waals surface area contributed by atoms with Crippen molar-refractivity contribution in [3.05, 3.63) is 34.4 Å². The second-order valence-electron chi connectivity index (χ2n) is 3.64. The summed E-state index contributed by atoms with van der Waals surface area (Å²) in [5, 5.41) is 2.87. The second-order valence-corrected chi connectivity index (χ2v) is 4.05. The van der Waals surface area contributed by atoms with Crippen molar-refractivity contribution in [3.63, 3.8) is 0 Å². The van der Waals surface area contributed by atoms with Gasteiger partial charge in [-0.2, -0.15) is 0 Å². The van der Waals surface area contributed by atoms with Gasteiger partial charge in [0.05, 0.1) is 5.02 Å². The number of halogens is 3. The zero-order valence-electron chi connectivity index (χ0n) is 9.56. The van der Waals surface area contributed by atoms with Gasteiger partial charge in [0.2, 0.25) is 0 Å². The number of benzene rings is 1. The van der Waals surface area contributed by atoms with Crippen LogP contribution in [-0.4, -0.2) is 6.54 Å². The molecule has 0 aliphatic rings. The van der Waals surface area contributed by atoms with Crippen molar-refractivity contribution in [2.24, 2.45) is 0 Å². The van der Waals surface area contributed by atoms with E-state index < -0.39 is 11.6 Å². The van der Waals surface area contributed by atoms with Crippen molar-refractivity contribution >= 4 is 11.6 Å². The fourth-order valence-electron chi connectivity index (χ4n) is 1.65. The molecule has 1 rings (SSSR count). The molecule has 92 valence electrons. The first-order valence-electron chi connectivity index (χ1n) is 5.41. The summed E-state index contributed by atoms with van der Waals surface area (Å²) in [5.41, 5.74) is 0.268. The molecule has 0 heterocycles. The van der Waals surface area contributed by atoms with Crippen LogP contribution in [-0.2, 0) is 0 Å². The molecule has 0 aliphatic carbocycles. The van der Waals surface area contributed by atoms with Crippen LogP contribution in [0.15, 0.2) is 12.1 Å². The van der Waals surface area contributed by atoms with E-state index in [1.807, 2.05) is 6.92 Å². The van der Waals surface area contributed by atoms with E-state index in [0.29, 0.717) is 19.4 Å². The van der Waals surface area contributed by atoms with Crippen LogP contribution < -0.4 is 5.32 Å². The summed E-state index contributed by atoms with van der Waals surface area (Å²) in [7, 11) is 0. The maximum absolute atomic E-state index is 13.7. The maximum atomic E-state index is 13.7. The molecule has 1 atom stereocenters. The Morgan fingerprint density at radius 2 is 2.12 bits per heavy atom. The van der Waals surface area contributed by atoms with Gasteiger partial charge in [0.1, 0.15) is 11.6 Å². The number of terminal acetylenes is 1. The molecule has 1 nitrogen and oxygen atoms in total. The average molecular weight is 258 g/mol. The molecule has 1 unspecified atom stereocenters. The van der Waals surface area contributed by atoms with E-state index in [4.69, 9.17) is 18.0 Å². The number of hydrogen-bond donors (Lipinski definition) is 1. The first kappa shape index (κ1) is 14.0. The summed E-state index contributed by atoms with van der Waals surface area (Å²) in [5.74, 6) is 1.36. The second kappa shape index (κ2) is 6.58. The Hall–Kier alpha value is -1.11. The van der Waals surface area contributed by atoms with Gasteiger partial charge in [-0.1, -0.05) is 18.5 Å². The third-order valence-corrected chi connectivity index (χ3v) is 2.73. The molecule has 0 spiro atoms. The van der Waals surface area contributed by atoms with Crippen LogP contribution in [0.4, 0.5) is 8.78 Å². The van der Waals surface area contributed by atoms with Crippen LogP contribution >= 0.6 is 11.6 Å². The van der Waals surface area contributed by atoms with E-state index in [1.54, 1.807) is 0 Å². The lowest BCUT2D eigenvalue weighted by Crippen LogP contribution is -2.22. The highest BCUT2D eigenvalue weighted by Gasteiger charge is 2.17. The van der Waals surface area contributed by atoms with Gasteiger partial charge in [0.25, 0.3) is 0 Å². The van der Waals surface area contributed by atoms with Crippen LogP contribution in [0.1, 0.15) is 31.4 Å². The highest BCUT2D eigenvalue weighted by molar-refractivity contribution is 6.30. The molecule has 0 aliphatic heterocycles. The van der Waals surface area contributed by atoms with Crippen LogP contribution in [0.5, 0.6) is 0 Å². The van der Waals surface area contributed by atoms with E-state index in [2.05, 4.69) is 11.2 Å². The van der Waals surface area contributed by atoms with E-state index in [1.165, 1.54) is 0 Å².